The Morgan fingerprint density at radius 2 is 1.96 bits per heavy atom. The highest BCUT2D eigenvalue weighted by Crippen LogP contribution is 2.23. The van der Waals surface area contributed by atoms with Gasteiger partial charge in [0.1, 0.15) is 17.1 Å². The Kier molecular flexibility index (Phi) is 4.43. The third-order valence-corrected chi connectivity index (χ3v) is 3.78. The summed E-state index contributed by atoms with van der Waals surface area (Å²) in [4.78, 5) is 12.0. The second-order valence-electron chi connectivity index (χ2n) is 4.91. The van der Waals surface area contributed by atoms with Gasteiger partial charge in [-0.1, -0.05) is 28.1 Å². The average molecular weight is 373 g/mol. The Morgan fingerprint density at radius 3 is 2.70 bits per heavy atom. The molecule has 0 atom stereocenters. The fraction of sp³-hybridized carbons (Fsp3) is 0.0588. The van der Waals surface area contributed by atoms with Gasteiger partial charge in [-0.15, -0.1) is 0 Å². The number of halogens is 1. The van der Waals surface area contributed by atoms with E-state index in [1.807, 2.05) is 36.4 Å². The number of hydrogen-bond donors (Lipinski definition) is 1. The van der Waals surface area contributed by atoms with Crippen LogP contribution in [0.15, 0.2) is 69.8 Å². The van der Waals surface area contributed by atoms with Crippen molar-refractivity contribution in [2.75, 3.05) is 0 Å². The van der Waals surface area contributed by atoms with E-state index in [4.69, 9.17) is 4.42 Å². The van der Waals surface area contributed by atoms with Crippen LogP contribution in [0, 0.1) is 5.21 Å². The summed E-state index contributed by atoms with van der Waals surface area (Å²) < 4.78 is 7.31. The number of rotatable bonds is 4. The van der Waals surface area contributed by atoms with Crippen molar-refractivity contribution in [1.82, 2.24) is 5.32 Å². The molecule has 0 aliphatic rings. The predicted molar refractivity (Wildman–Crippen MR) is 88.4 cm³/mol. The Hall–Kier alpha value is -2.60. The number of benzene rings is 1. The van der Waals surface area contributed by atoms with Crippen molar-refractivity contribution in [3.8, 4) is 11.3 Å². The highest BCUT2D eigenvalue weighted by molar-refractivity contribution is 9.10. The summed E-state index contributed by atoms with van der Waals surface area (Å²) >= 11 is 3.39. The normalized spacial score (nSPS) is 10.5. The zero-order valence-corrected chi connectivity index (χ0v) is 13.6. The molecule has 0 aliphatic heterocycles. The van der Waals surface area contributed by atoms with Crippen molar-refractivity contribution in [1.29, 1.82) is 0 Å². The van der Waals surface area contributed by atoms with E-state index in [0.717, 1.165) is 15.8 Å². The van der Waals surface area contributed by atoms with Gasteiger partial charge in [0.2, 0.25) is 0 Å². The number of hydrogen-bond acceptors (Lipinski definition) is 3. The lowest BCUT2D eigenvalue weighted by atomic mass is 10.2. The quantitative estimate of drug-likeness (QED) is 0.564. The highest BCUT2D eigenvalue weighted by atomic mass is 79.9. The molecule has 5 nitrogen and oxygen atoms in total. The van der Waals surface area contributed by atoms with Crippen LogP contribution in [0.5, 0.6) is 0 Å². The van der Waals surface area contributed by atoms with E-state index in [-0.39, 0.29) is 12.5 Å². The van der Waals surface area contributed by atoms with Crippen LogP contribution in [0.4, 0.5) is 0 Å². The molecule has 1 amide bonds. The van der Waals surface area contributed by atoms with E-state index in [2.05, 4.69) is 21.2 Å². The second kappa shape index (κ2) is 6.66. The summed E-state index contributed by atoms with van der Waals surface area (Å²) in [7, 11) is 0. The first-order valence-electron chi connectivity index (χ1n) is 6.93. The molecule has 1 aromatic carbocycles. The van der Waals surface area contributed by atoms with Gasteiger partial charge in [-0.3, -0.25) is 4.79 Å². The fourth-order valence-electron chi connectivity index (χ4n) is 2.10. The monoisotopic (exact) mass is 372 g/mol. The zero-order chi connectivity index (χ0) is 16.2. The molecule has 3 rings (SSSR count). The molecule has 0 unspecified atom stereocenters. The summed E-state index contributed by atoms with van der Waals surface area (Å²) in [6, 6.07) is 14.6. The molecule has 0 spiro atoms. The van der Waals surface area contributed by atoms with Crippen molar-refractivity contribution in [3.63, 3.8) is 0 Å². The number of carbonyl (C=O) groups is 1. The summed E-state index contributed by atoms with van der Waals surface area (Å²) in [5, 5.41) is 13.9. The molecule has 6 heteroatoms. The number of nitrogens with one attached hydrogen (secondary N) is 1. The molecule has 23 heavy (non-hydrogen) atoms. The molecule has 0 radical (unpaired) electrons. The van der Waals surface area contributed by atoms with Gasteiger partial charge in [0.05, 0.1) is 6.54 Å². The van der Waals surface area contributed by atoms with E-state index in [9.17, 15) is 10.0 Å². The highest BCUT2D eigenvalue weighted by Gasteiger charge is 2.10. The number of nitrogens with zero attached hydrogens (tertiary/aromatic N) is 1. The first kappa shape index (κ1) is 15.3. The lowest BCUT2D eigenvalue weighted by Crippen LogP contribution is -2.29. The summed E-state index contributed by atoms with van der Waals surface area (Å²) in [5.74, 6) is 1.05. The SMILES string of the molecule is O=C(NCc1ccc(-c2ccc(Br)cc2)o1)c1ccc[n+]([O-])c1. The lowest BCUT2D eigenvalue weighted by molar-refractivity contribution is -0.605. The molecule has 0 saturated carbocycles. The molecule has 2 heterocycles. The van der Waals surface area contributed by atoms with Gasteiger partial charge < -0.3 is 14.9 Å². The predicted octanol–water partition coefficient (Wildman–Crippen LogP) is 3.27. The molecule has 0 fully saturated rings. The van der Waals surface area contributed by atoms with Gasteiger partial charge in [0, 0.05) is 16.1 Å². The minimum absolute atomic E-state index is 0.253. The largest absolute Gasteiger partial charge is 0.619 e. The minimum atomic E-state index is -0.322. The van der Waals surface area contributed by atoms with Crippen LogP contribution in [0.2, 0.25) is 0 Å². The maximum atomic E-state index is 12.0. The number of carbonyl (C=O) groups excluding carboxylic acids is 1. The average Bonchev–Trinajstić information content (AvgIpc) is 3.02. The maximum Gasteiger partial charge on any atom is 0.257 e. The van der Waals surface area contributed by atoms with Crippen molar-refractivity contribution in [3.05, 3.63) is 81.9 Å². The van der Waals surface area contributed by atoms with E-state index < -0.39 is 0 Å². The van der Waals surface area contributed by atoms with Crippen molar-refractivity contribution < 1.29 is 13.9 Å². The maximum absolute atomic E-state index is 12.0. The Labute approximate surface area is 141 Å². The topological polar surface area (TPSA) is 69.2 Å². The fourth-order valence-corrected chi connectivity index (χ4v) is 2.37. The van der Waals surface area contributed by atoms with Gasteiger partial charge in [-0.2, -0.15) is 4.73 Å². The molecule has 0 saturated heterocycles. The standard InChI is InChI=1S/C17H13BrN2O3/c18-14-5-3-12(4-6-14)16-8-7-15(23-16)10-19-17(21)13-2-1-9-20(22)11-13/h1-9,11H,10H2,(H,19,21). The number of pyridine rings is 1. The van der Waals surface area contributed by atoms with Gasteiger partial charge >= 0.3 is 0 Å². The molecule has 3 aromatic rings. The molecular formula is C17H13BrN2O3. The van der Waals surface area contributed by atoms with Crippen molar-refractivity contribution in [2.45, 2.75) is 6.54 Å². The van der Waals surface area contributed by atoms with E-state index >= 15 is 0 Å². The first-order chi connectivity index (χ1) is 11.1. The van der Waals surface area contributed by atoms with Crippen LogP contribution >= 0.6 is 15.9 Å². The van der Waals surface area contributed by atoms with Crippen LogP contribution in [0.25, 0.3) is 11.3 Å². The first-order valence-corrected chi connectivity index (χ1v) is 7.73. The Balaban J connectivity index is 1.65. The van der Waals surface area contributed by atoms with Gasteiger partial charge in [0.25, 0.3) is 5.91 Å². The smallest absolute Gasteiger partial charge is 0.257 e. The van der Waals surface area contributed by atoms with Crippen LogP contribution < -0.4 is 10.0 Å². The van der Waals surface area contributed by atoms with Gasteiger partial charge in [0.15, 0.2) is 12.4 Å². The van der Waals surface area contributed by atoms with Crippen molar-refractivity contribution >= 4 is 21.8 Å². The molecule has 0 aliphatic carbocycles. The van der Waals surface area contributed by atoms with Crippen LogP contribution in [-0.2, 0) is 6.54 Å². The van der Waals surface area contributed by atoms with Crippen LogP contribution in [0.3, 0.4) is 0 Å². The zero-order valence-electron chi connectivity index (χ0n) is 12.0. The van der Waals surface area contributed by atoms with Gasteiger partial charge in [-0.05, 0) is 30.3 Å². The molecule has 1 N–H and O–H groups in total. The Morgan fingerprint density at radius 1 is 1.17 bits per heavy atom. The van der Waals surface area contributed by atoms with Crippen LogP contribution in [-0.4, -0.2) is 5.91 Å². The summed E-state index contributed by atoms with van der Waals surface area (Å²) in [6.45, 7) is 0.253. The molecule has 0 bridgehead atoms. The third-order valence-electron chi connectivity index (χ3n) is 3.25. The van der Waals surface area contributed by atoms with E-state index in [0.29, 0.717) is 16.1 Å². The molecule has 2 aromatic heterocycles. The molecular weight excluding hydrogens is 360 g/mol. The summed E-state index contributed by atoms with van der Waals surface area (Å²) in [6.07, 6.45) is 2.55. The lowest BCUT2D eigenvalue weighted by Gasteiger charge is -2.03. The summed E-state index contributed by atoms with van der Waals surface area (Å²) in [5.41, 5.74) is 1.27. The number of amides is 1. The van der Waals surface area contributed by atoms with E-state index in [1.165, 1.54) is 18.5 Å². The third kappa shape index (κ3) is 3.78. The number of furan rings is 1. The van der Waals surface area contributed by atoms with E-state index in [1.54, 1.807) is 6.07 Å². The number of aromatic nitrogens is 1. The Bertz CT molecular complexity index is 828. The second-order valence-corrected chi connectivity index (χ2v) is 5.82. The molecule has 116 valence electrons. The van der Waals surface area contributed by atoms with Crippen molar-refractivity contribution in [2.24, 2.45) is 0 Å². The van der Waals surface area contributed by atoms with Crippen LogP contribution in [0.1, 0.15) is 16.1 Å². The minimum Gasteiger partial charge on any atom is -0.619 e. The van der Waals surface area contributed by atoms with Gasteiger partial charge in [-0.25, -0.2) is 0 Å².